The van der Waals surface area contributed by atoms with Gasteiger partial charge in [-0.05, 0) is 31.2 Å². The fraction of sp³-hybridized carbons (Fsp3) is 0.167. The Morgan fingerprint density at radius 3 is 2.28 bits per heavy atom. The molecule has 3 N–H and O–H groups in total. The highest BCUT2D eigenvalue weighted by Crippen LogP contribution is 2.27. The summed E-state index contributed by atoms with van der Waals surface area (Å²) in [6.45, 7) is 2.63. The number of anilines is 3. The van der Waals surface area contributed by atoms with Crippen molar-refractivity contribution in [3.63, 3.8) is 0 Å². The van der Waals surface area contributed by atoms with Crippen molar-refractivity contribution in [2.24, 2.45) is 0 Å². The zero-order valence-corrected chi connectivity index (χ0v) is 13.8. The molecular formula is C18H19N5O2. The Morgan fingerprint density at radius 1 is 0.880 bits per heavy atom. The van der Waals surface area contributed by atoms with Crippen molar-refractivity contribution in [2.45, 2.75) is 13.5 Å². The Labute approximate surface area is 145 Å². The topological polar surface area (TPSA) is 95.2 Å². The molecule has 1 heterocycles. The fourth-order valence-electron chi connectivity index (χ4n) is 2.20. The van der Waals surface area contributed by atoms with Crippen LogP contribution in [0.5, 0.6) is 11.5 Å². The van der Waals surface area contributed by atoms with Gasteiger partial charge < -0.3 is 20.5 Å². The normalized spacial score (nSPS) is 10.3. The number of hydrogen-bond donors (Lipinski definition) is 2. The van der Waals surface area contributed by atoms with Crippen LogP contribution in [0.2, 0.25) is 0 Å². The van der Waals surface area contributed by atoms with E-state index in [9.17, 15) is 0 Å². The molecule has 2 aromatic carbocycles. The minimum Gasteiger partial charge on any atom is -0.490 e. The fourth-order valence-corrected chi connectivity index (χ4v) is 2.20. The van der Waals surface area contributed by atoms with Gasteiger partial charge in [0.2, 0.25) is 11.9 Å². The summed E-state index contributed by atoms with van der Waals surface area (Å²) < 4.78 is 11.3. The predicted octanol–water partition coefficient (Wildman–Crippen LogP) is 3.18. The van der Waals surface area contributed by atoms with Crippen molar-refractivity contribution in [3.8, 4) is 11.5 Å². The second kappa shape index (κ2) is 7.96. The predicted molar refractivity (Wildman–Crippen MR) is 95.9 cm³/mol. The van der Waals surface area contributed by atoms with Crippen molar-refractivity contribution in [1.29, 1.82) is 0 Å². The Hall–Kier alpha value is -3.35. The number of hydrogen-bond acceptors (Lipinski definition) is 7. The van der Waals surface area contributed by atoms with Crippen LogP contribution in [0.15, 0.2) is 54.6 Å². The van der Waals surface area contributed by atoms with Crippen LogP contribution in [0, 0.1) is 0 Å². The van der Waals surface area contributed by atoms with E-state index in [-0.39, 0.29) is 12.6 Å². The molecule has 0 spiro atoms. The third-order valence-electron chi connectivity index (χ3n) is 3.23. The highest BCUT2D eigenvalue weighted by molar-refractivity contribution is 5.53. The number of ether oxygens (including phenoxy) is 2. The number of nitrogen functional groups attached to an aromatic ring is 1. The summed E-state index contributed by atoms with van der Waals surface area (Å²) in [4.78, 5) is 12.6. The van der Waals surface area contributed by atoms with Gasteiger partial charge in [0.15, 0.2) is 17.3 Å². The zero-order valence-electron chi connectivity index (χ0n) is 13.8. The molecule has 7 heteroatoms. The zero-order chi connectivity index (χ0) is 17.5. The van der Waals surface area contributed by atoms with Gasteiger partial charge in [0.1, 0.15) is 6.61 Å². The average Bonchev–Trinajstić information content (AvgIpc) is 2.62. The smallest absolute Gasteiger partial charge is 0.232 e. The molecule has 0 aliphatic carbocycles. The van der Waals surface area contributed by atoms with Gasteiger partial charge in [-0.15, -0.1) is 0 Å². The SMILES string of the molecule is CCOc1ccccc1OCc1nc(N)nc(Nc2ccccc2)n1. The summed E-state index contributed by atoms with van der Waals surface area (Å²) in [6.07, 6.45) is 0. The first-order chi connectivity index (χ1) is 12.2. The molecule has 0 fully saturated rings. The van der Waals surface area contributed by atoms with Gasteiger partial charge in [-0.25, -0.2) is 0 Å². The van der Waals surface area contributed by atoms with Gasteiger partial charge in [0.25, 0.3) is 0 Å². The summed E-state index contributed by atoms with van der Waals surface area (Å²) in [7, 11) is 0. The molecule has 0 unspecified atom stereocenters. The van der Waals surface area contributed by atoms with E-state index >= 15 is 0 Å². The van der Waals surface area contributed by atoms with Crippen LogP contribution in [0.1, 0.15) is 12.7 Å². The quantitative estimate of drug-likeness (QED) is 0.683. The van der Waals surface area contributed by atoms with E-state index in [2.05, 4.69) is 20.3 Å². The molecule has 0 aliphatic heterocycles. The van der Waals surface area contributed by atoms with Crippen LogP contribution in [0.4, 0.5) is 17.6 Å². The summed E-state index contributed by atoms with van der Waals surface area (Å²) >= 11 is 0. The van der Waals surface area contributed by atoms with Crippen molar-refractivity contribution >= 4 is 17.6 Å². The van der Waals surface area contributed by atoms with E-state index in [0.717, 1.165) is 5.69 Å². The maximum absolute atomic E-state index is 5.78. The van der Waals surface area contributed by atoms with Crippen LogP contribution < -0.4 is 20.5 Å². The van der Waals surface area contributed by atoms with E-state index < -0.39 is 0 Å². The highest BCUT2D eigenvalue weighted by Gasteiger charge is 2.08. The number of nitrogens with one attached hydrogen (secondary N) is 1. The standard InChI is InChI=1S/C18H19N5O2/c1-2-24-14-10-6-7-11-15(14)25-12-16-21-17(19)23-18(22-16)20-13-8-4-3-5-9-13/h3-11H,2,12H2,1H3,(H3,19,20,21,22,23). The second-order valence-corrected chi connectivity index (χ2v) is 5.09. The van der Waals surface area contributed by atoms with Crippen molar-refractivity contribution in [2.75, 3.05) is 17.7 Å². The molecule has 0 saturated carbocycles. The van der Waals surface area contributed by atoms with Crippen LogP contribution in [0.3, 0.4) is 0 Å². The molecule has 25 heavy (non-hydrogen) atoms. The Morgan fingerprint density at radius 2 is 1.56 bits per heavy atom. The maximum atomic E-state index is 5.78. The molecule has 3 aromatic rings. The molecule has 7 nitrogen and oxygen atoms in total. The van der Waals surface area contributed by atoms with Gasteiger partial charge >= 0.3 is 0 Å². The van der Waals surface area contributed by atoms with Gasteiger partial charge in [-0.1, -0.05) is 30.3 Å². The van der Waals surface area contributed by atoms with E-state index in [1.165, 1.54) is 0 Å². The summed E-state index contributed by atoms with van der Waals surface area (Å²) in [5.41, 5.74) is 6.64. The third-order valence-corrected chi connectivity index (χ3v) is 3.23. The molecule has 0 aliphatic rings. The molecule has 3 rings (SSSR count). The number of aromatic nitrogens is 3. The minimum absolute atomic E-state index is 0.130. The molecule has 0 radical (unpaired) electrons. The number of nitrogens with two attached hydrogens (primary N) is 1. The largest absolute Gasteiger partial charge is 0.490 e. The van der Waals surface area contributed by atoms with Crippen LogP contribution in [0.25, 0.3) is 0 Å². The number of rotatable bonds is 7. The van der Waals surface area contributed by atoms with Crippen LogP contribution in [-0.2, 0) is 6.61 Å². The summed E-state index contributed by atoms with van der Waals surface area (Å²) in [6, 6.07) is 17.0. The first kappa shape index (κ1) is 16.5. The molecule has 1 aromatic heterocycles. The third kappa shape index (κ3) is 4.57. The number of benzene rings is 2. The summed E-state index contributed by atoms with van der Waals surface area (Å²) in [5.74, 6) is 2.23. The lowest BCUT2D eigenvalue weighted by atomic mass is 10.3. The van der Waals surface area contributed by atoms with Gasteiger partial charge in [0.05, 0.1) is 6.61 Å². The first-order valence-electron chi connectivity index (χ1n) is 7.91. The van der Waals surface area contributed by atoms with Crippen LogP contribution >= 0.6 is 0 Å². The molecular weight excluding hydrogens is 318 g/mol. The second-order valence-electron chi connectivity index (χ2n) is 5.09. The molecule has 0 atom stereocenters. The lowest BCUT2D eigenvalue weighted by Crippen LogP contribution is -2.09. The molecule has 0 saturated heterocycles. The van der Waals surface area contributed by atoms with Crippen LogP contribution in [-0.4, -0.2) is 21.6 Å². The molecule has 128 valence electrons. The minimum atomic E-state index is 0.130. The van der Waals surface area contributed by atoms with E-state index in [4.69, 9.17) is 15.2 Å². The van der Waals surface area contributed by atoms with Gasteiger partial charge in [-0.3, -0.25) is 0 Å². The Balaban J connectivity index is 1.73. The lowest BCUT2D eigenvalue weighted by Gasteiger charge is -2.11. The van der Waals surface area contributed by atoms with E-state index in [0.29, 0.717) is 29.9 Å². The number of para-hydroxylation sites is 3. The Bertz CT molecular complexity index is 827. The highest BCUT2D eigenvalue weighted by atomic mass is 16.5. The lowest BCUT2D eigenvalue weighted by molar-refractivity contribution is 0.263. The van der Waals surface area contributed by atoms with Gasteiger partial charge in [0, 0.05) is 5.69 Å². The van der Waals surface area contributed by atoms with Crippen molar-refractivity contribution in [3.05, 3.63) is 60.4 Å². The number of nitrogens with zero attached hydrogens (tertiary/aromatic N) is 3. The first-order valence-corrected chi connectivity index (χ1v) is 7.91. The summed E-state index contributed by atoms with van der Waals surface area (Å²) in [5, 5.41) is 3.09. The molecule has 0 amide bonds. The van der Waals surface area contributed by atoms with E-state index in [1.54, 1.807) is 0 Å². The van der Waals surface area contributed by atoms with E-state index in [1.807, 2.05) is 61.5 Å². The Kier molecular flexibility index (Phi) is 5.26. The van der Waals surface area contributed by atoms with Crippen molar-refractivity contribution in [1.82, 2.24) is 15.0 Å². The van der Waals surface area contributed by atoms with Crippen molar-refractivity contribution < 1.29 is 9.47 Å². The average molecular weight is 337 g/mol. The monoisotopic (exact) mass is 337 g/mol. The maximum Gasteiger partial charge on any atom is 0.232 e. The molecule has 0 bridgehead atoms. The van der Waals surface area contributed by atoms with Gasteiger partial charge in [-0.2, -0.15) is 15.0 Å².